The molecule has 128 valence electrons. The normalized spacial score (nSPS) is 12.6. The van der Waals surface area contributed by atoms with Gasteiger partial charge in [-0.1, -0.05) is 24.3 Å². The monoisotopic (exact) mass is 350 g/mol. The fourth-order valence-corrected chi connectivity index (χ4v) is 3.83. The molecule has 0 saturated heterocycles. The molecular weight excluding hydrogens is 332 g/mol. The SMILES string of the molecule is COc1ccc([N+](=O)[O-])cc1S(=O)(=O)NC(C)c1ccccc1C. The first-order valence-corrected chi connectivity index (χ1v) is 8.65. The van der Waals surface area contributed by atoms with E-state index in [9.17, 15) is 18.5 Å². The molecular formula is C16H18N2O5S. The van der Waals surface area contributed by atoms with Crippen LogP contribution in [-0.4, -0.2) is 20.5 Å². The molecule has 8 heteroatoms. The molecule has 2 rings (SSSR count). The summed E-state index contributed by atoms with van der Waals surface area (Å²) in [4.78, 5) is 10.0. The van der Waals surface area contributed by atoms with Crippen molar-refractivity contribution >= 4 is 15.7 Å². The molecule has 0 amide bonds. The summed E-state index contributed by atoms with van der Waals surface area (Å²) in [6.07, 6.45) is 0. The topological polar surface area (TPSA) is 98.5 Å². The van der Waals surface area contributed by atoms with E-state index in [2.05, 4.69) is 4.72 Å². The van der Waals surface area contributed by atoms with Gasteiger partial charge in [-0.3, -0.25) is 10.1 Å². The first-order valence-electron chi connectivity index (χ1n) is 7.16. The van der Waals surface area contributed by atoms with Crippen molar-refractivity contribution in [3.05, 3.63) is 63.7 Å². The van der Waals surface area contributed by atoms with Gasteiger partial charge in [0.2, 0.25) is 10.0 Å². The molecule has 0 spiro atoms. The van der Waals surface area contributed by atoms with Crippen LogP contribution >= 0.6 is 0 Å². The lowest BCUT2D eigenvalue weighted by Crippen LogP contribution is -2.27. The third kappa shape index (κ3) is 3.72. The molecule has 0 saturated carbocycles. The second-order valence-corrected chi connectivity index (χ2v) is 6.97. The molecule has 7 nitrogen and oxygen atoms in total. The summed E-state index contributed by atoms with van der Waals surface area (Å²) >= 11 is 0. The van der Waals surface area contributed by atoms with Crippen LogP contribution in [0.15, 0.2) is 47.4 Å². The zero-order chi connectivity index (χ0) is 17.9. The van der Waals surface area contributed by atoms with Gasteiger partial charge in [-0.15, -0.1) is 0 Å². The first kappa shape index (κ1) is 17.9. The lowest BCUT2D eigenvalue weighted by molar-refractivity contribution is -0.385. The number of benzene rings is 2. The second-order valence-electron chi connectivity index (χ2n) is 5.29. The van der Waals surface area contributed by atoms with Gasteiger partial charge in [0.25, 0.3) is 5.69 Å². The smallest absolute Gasteiger partial charge is 0.271 e. The number of hydrogen-bond acceptors (Lipinski definition) is 5. The van der Waals surface area contributed by atoms with Crippen LogP contribution in [0.3, 0.4) is 0 Å². The van der Waals surface area contributed by atoms with Gasteiger partial charge in [0.1, 0.15) is 10.6 Å². The summed E-state index contributed by atoms with van der Waals surface area (Å²) < 4.78 is 32.9. The van der Waals surface area contributed by atoms with Gasteiger partial charge in [-0.05, 0) is 31.0 Å². The molecule has 2 aromatic carbocycles. The fourth-order valence-electron chi connectivity index (χ4n) is 2.42. The maximum atomic E-state index is 12.7. The number of aryl methyl sites for hydroxylation is 1. The number of ether oxygens (including phenoxy) is 1. The van der Waals surface area contributed by atoms with E-state index >= 15 is 0 Å². The average Bonchev–Trinajstić information content (AvgIpc) is 2.54. The van der Waals surface area contributed by atoms with Crippen LogP contribution in [0.1, 0.15) is 24.1 Å². The van der Waals surface area contributed by atoms with Gasteiger partial charge in [-0.2, -0.15) is 0 Å². The van der Waals surface area contributed by atoms with E-state index in [0.717, 1.165) is 17.2 Å². The van der Waals surface area contributed by atoms with E-state index < -0.39 is 21.0 Å². The Morgan fingerprint density at radius 2 is 1.88 bits per heavy atom. The number of nitrogens with one attached hydrogen (secondary N) is 1. The minimum atomic E-state index is -4.00. The quantitative estimate of drug-likeness (QED) is 0.638. The molecule has 0 bridgehead atoms. The molecule has 0 aliphatic rings. The van der Waals surface area contributed by atoms with Crippen molar-refractivity contribution < 1.29 is 18.1 Å². The van der Waals surface area contributed by atoms with Crippen LogP contribution in [-0.2, 0) is 10.0 Å². The van der Waals surface area contributed by atoms with Crippen LogP contribution in [0.2, 0.25) is 0 Å². The summed E-state index contributed by atoms with van der Waals surface area (Å²) in [6, 6.07) is 10.4. The largest absolute Gasteiger partial charge is 0.495 e. The number of sulfonamides is 1. The Kier molecular flexibility index (Phi) is 5.20. The van der Waals surface area contributed by atoms with Crippen molar-refractivity contribution in [1.29, 1.82) is 0 Å². The Morgan fingerprint density at radius 3 is 2.46 bits per heavy atom. The third-order valence-electron chi connectivity index (χ3n) is 3.63. The van der Waals surface area contributed by atoms with Gasteiger partial charge in [-0.25, -0.2) is 13.1 Å². The van der Waals surface area contributed by atoms with Gasteiger partial charge >= 0.3 is 0 Å². The number of nitrogens with zero attached hydrogens (tertiary/aromatic N) is 1. The number of hydrogen-bond donors (Lipinski definition) is 1. The van der Waals surface area contributed by atoms with Gasteiger partial charge < -0.3 is 4.74 Å². The average molecular weight is 350 g/mol. The van der Waals surface area contributed by atoms with Crippen LogP contribution in [0, 0.1) is 17.0 Å². The predicted octanol–water partition coefficient (Wildman–Crippen LogP) is 2.95. The van der Waals surface area contributed by atoms with Crippen molar-refractivity contribution in [2.24, 2.45) is 0 Å². The summed E-state index contributed by atoms with van der Waals surface area (Å²) in [6.45, 7) is 3.60. The molecule has 0 heterocycles. The molecule has 0 radical (unpaired) electrons. The number of rotatable bonds is 6. The second kappa shape index (κ2) is 6.98. The van der Waals surface area contributed by atoms with E-state index in [0.29, 0.717) is 0 Å². The minimum Gasteiger partial charge on any atom is -0.495 e. The summed E-state index contributed by atoms with van der Waals surface area (Å²) in [5.41, 5.74) is 1.45. The Bertz CT molecular complexity index is 865. The highest BCUT2D eigenvalue weighted by Gasteiger charge is 2.25. The van der Waals surface area contributed by atoms with Crippen LogP contribution in [0.25, 0.3) is 0 Å². The van der Waals surface area contributed by atoms with Crippen molar-refractivity contribution in [3.8, 4) is 5.75 Å². The van der Waals surface area contributed by atoms with E-state index in [1.807, 2.05) is 31.2 Å². The summed E-state index contributed by atoms with van der Waals surface area (Å²) in [5.74, 6) is 0.0464. The van der Waals surface area contributed by atoms with Crippen LogP contribution < -0.4 is 9.46 Å². The van der Waals surface area contributed by atoms with Crippen LogP contribution in [0.5, 0.6) is 5.75 Å². The van der Waals surface area contributed by atoms with E-state index in [4.69, 9.17) is 4.74 Å². The number of non-ortho nitro benzene ring substituents is 1. The van der Waals surface area contributed by atoms with E-state index in [1.165, 1.54) is 19.2 Å². The van der Waals surface area contributed by atoms with Gasteiger partial charge in [0, 0.05) is 18.2 Å². The van der Waals surface area contributed by atoms with Crippen molar-refractivity contribution in [2.75, 3.05) is 7.11 Å². The molecule has 24 heavy (non-hydrogen) atoms. The third-order valence-corrected chi connectivity index (χ3v) is 5.20. The van der Waals surface area contributed by atoms with Crippen molar-refractivity contribution in [1.82, 2.24) is 4.72 Å². The number of nitro benzene ring substituents is 1. The lowest BCUT2D eigenvalue weighted by atomic mass is 10.0. The van der Waals surface area contributed by atoms with Gasteiger partial charge in [0.05, 0.1) is 12.0 Å². The zero-order valence-electron chi connectivity index (χ0n) is 13.5. The minimum absolute atomic E-state index is 0.0464. The Balaban J connectivity index is 2.42. The molecule has 2 aromatic rings. The predicted molar refractivity (Wildman–Crippen MR) is 89.6 cm³/mol. The molecule has 0 aliphatic carbocycles. The zero-order valence-corrected chi connectivity index (χ0v) is 14.3. The maximum absolute atomic E-state index is 12.7. The van der Waals surface area contributed by atoms with Crippen molar-refractivity contribution in [3.63, 3.8) is 0 Å². The summed E-state index contributed by atoms with van der Waals surface area (Å²) in [7, 11) is -2.69. The first-order chi connectivity index (χ1) is 11.3. The van der Waals surface area contributed by atoms with Crippen molar-refractivity contribution in [2.45, 2.75) is 24.8 Å². The molecule has 1 N–H and O–H groups in total. The number of nitro groups is 1. The standard InChI is InChI=1S/C16H18N2O5S/c1-11-6-4-5-7-14(11)12(2)17-24(21,22)16-10-13(18(19)20)8-9-15(16)23-3/h4-10,12,17H,1-3H3. The lowest BCUT2D eigenvalue weighted by Gasteiger charge is -2.17. The maximum Gasteiger partial charge on any atom is 0.271 e. The molecule has 0 aliphatic heterocycles. The van der Waals surface area contributed by atoms with E-state index in [1.54, 1.807) is 6.92 Å². The Labute approximate surface area is 140 Å². The highest BCUT2D eigenvalue weighted by Crippen LogP contribution is 2.29. The highest BCUT2D eigenvalue weighted by molar-refractivity contribution is 7.89. The summed E-state index contributed by atoms with van der Waals surface area (Å²) in [5, 5.41) is 10.9. The van der Waals surface area contributed by atoms with Crippen LogP contribution in [0.4, 0.5) is 5.69 Å². The molecule has 1 unspecified atom stereocenters. The highest BCUT2D eigenvalue weighted by atomic mass is 32.2. The fraction of sp³-hybridized carbons (Fsp3) is 0.250. The molecule has 0 aromatic heterocycles. The van der Waals surface area contributed by atoms with E-state index in [-0.39, 0.29) is 16.3 Å². The Morgan fingerprint density at radius 1 is 1.21 bits per heavy atom. The molecule has 1 atom stereocenters. The number of methoxy groups -OCH3 is 1. The van der Waals surface area contributed by atoms with Gasteiger partial charge in [0.15, 0.2) is 0 Å². The molecule has 0 fully saturated rings. The Hall–Kier alpha value is -2.45.